The van der Waals surface area contributed by atoms with E-state index in [4.69, 9.17) is 0 Å². The van der Waals surface area contributed by atoms with E-state index in [-0.39, 0.29) is 16.8 Å². The van der Waals surface area contributed by atoms with Crippen molar-refractivity contribution in [2.45, 2.75) is 63.7 Å². The summed E-state index contributed by atoms with van der Waals surface area (Å²) >= 11 is 1.33. The highest BCUT2D eigenvalue weighted by atomic mass is 32.2. The Kier molecular flexibility index (Phi) is 5.41. The number of amides is 1. The Bertz CT molecular complexity index is 1180. The number of aromatic nitrogens is 1. The molecule has 10 heteroatoms. The molecular formula is C22H28N4O4S2. The van der Waals surface area contributed by atoms with Gasteiger partial charge in [0.1, 0.15) is 6.23 Å². The number of rotatable bonds is 6. The molecule has 2 N–H and O–H groups in total. The summed E-state index contributed by atoms with van der Waals surface area (Å²) in [5, 5.41) is 14.4. The molecule has 5 rings (SSSR count). The predicted molar refractivity (Wildman–Crippen MR) is 123 cm³/mol. The average Bonchev–Trinajstić information content (AvgIpc) is 3.38. The molecule has 8 nitrogen and oxygen atoms in total. The Hall–Kier alpha value is -1.85. The molecular weight excluding hydrogens is 448 g/mol. The van der Waals surface area contributed by atoms with Crippen molar-refractivity contribution in [3.63, 3.8) is 0 Å². The molecule has 32 heavy (non-hydrogen) atoms. The SMILES string of the molecule is CC(=O)Nc1nc(C)c(-c2cc3c(c(S(=O)(=O)N4CCC4)c2)[C@H](O)N([C@@H](C)C2CC2)C3)s1. The number of hydrogen-bond donors (Lipinski definition) is 2. The summed E-state index contributed by atoms with van der Waals surface area (Å²) in [6.07, 6.45) is 2.22. The van der Waals surface area contributed by atoms with Crippen molar-refractivity contribution in [1.82, 2.24) is 14.2 Å². The zero-order valence-electron chi connectivity index (χ0n) is 18.5. The Labute approximate surface area is 192 Å². The van der Waals surface area contributed by atoms with Gasteiger partial charge in [-0.2, -0.15) is 4.31 Å². The molecule has 1 aliphatic carbocycles. The fourth-order valence-corrected chi connectivity index (χ4v) is 7.46. The lowest BCUT2D eigenvalue weighted by Crippen LogP contribution is -2.42. The first-order valence-corrected chi connectivity index (χ1v) is 13.3. The maximum Gasteiger partial charge on any atom is 0.243 e. The van der Waals surface area contributed by atoms with Crippen LogP contribution in [0.4, 0.5) is 5.13 Å². The highest BCUT2D eigenvalue weighted by Crippen LogP contribution is 2.46. The standard InChI is InChI=1S/C22H28N4O4S2/c1-12-20(31-22(23-12)24-14(3)27)16-9-17-11-26(13(2)15-5-6-15)21(28)19(17)18(10-16)32(29,30)25-7-4-8-25/h9-10,13,15,21,28H,4-8,11H2,1-3H3,(H,23,24,27)/t13-,21-/m0/s1. The average molecular weight is 477 g/mol. The van der Waals surface area contributed by atoms with Crippen molar-refractivity contribution in [1.29, 1.82) is 0 Å². The molecule has 2 aromatic rings. The molecule has 0 unspecified atom stereocenters. The second-order valence-corrected chi connectivity index (χ2v) is 11.9. The molecule has 2 fully saturated rings. The second-order valence-electron chi connectivity index (χ2n) is 9.04. The molecule has 1 aromatic carbocycles. The van der Waals surface area contributed by atoms with Crippen LogP contribution in [0.25, 0.3) is 10.4 Å². The van der Waals surface area contributed by atoms with Crippen LogP contribution in [0.15, 0.2) is 17.0 Å². The summed E-state index contributed by atoms with van der Waals surface area (Å²) in [6, 6.07) is 3.85. The lowest BCUT2D eigenvalue weighted by Gasteiger charge is -2.31. The number of anilines is 1. The number of carbonyl (C=O) groups is 1. The van der Waals surface area contributed by atoms with Gasteiger partial charge in [0.15, 0.2) is 5.13 Å². The molecule has 0 bridgehead atoms. The van der Waals surface area contributed by atoms with Crippen molar-refractivity contribution in [2.75, 3.05) is 18.4 Å². The van der Waals surface area contributed by atoms with Gasteiger partial charge in [0, 0.05) is 38.2 Å². The van der Waals surface area contributed by atoms with Gasteiger partial charge in [-0.1, -0.05) is 11.3 Å². The van der Waals surface area contributed by atoms with Crippen molar-refractivity contribution in [3.8, 4) is 10.4 Å². The largest absolute Gasteiger partial charge is 0.374 e. The van der Waals surface area contributed by atoms with Crippen molar-refractivity contribution in [2.24, 2.45) is 5.92 Å². The van der Waals surface area contributed by atoms with E-state index < -0.39 is 16.3 Å². The van der Waals surface area contributed by atoms with Crippen LogP contribution >= 0.6 is 11.3 Å². The van der Waals surface area contributed by atoms with Gasteiger partial charge in [0.2, 0.25) is 15.9 Å². The molecule has 1 saturated heterocycles. The van der Waals surface area contributed by atoms with Crippen molar-refractivity contribution >= 4 is 32.4 Å². The van der Waals surface area contributed by atoms with Crippen LogP contribution in [0.2, 0.25) is 0 Å². The van der Waals surface area contributed by atoms with Crippen LogP contribution in [0, 0.1) is 12.8 Å². The third-order valence-electron chi connectivity index (χ3n) is 6.75. The number of aliphatic hydroxyl groups excluding tert-OH is 1. The summed E-state index contributed by atoms with van der Waals surface area (Å²) < 4.78 is 28.5. The van der Waals surface area contributed by atoms with Gasteiger partial charge < -0.3 is 10.4 Å². The number of carbonyl (C=O) groups excluding carboxylic acids is 1. The molecule has 0 spiro atoms. The normalized spacial score (nSPS) is 22.4. The smallest absolute Gasteiger partial charge is 0.243 e. The Balaban J connectivity index is 1.62. The van der Waals surface area contributed by atoms with Crippen molar-refractivity contribution < 1.29 is 18.3 Å². The molecule has 172 valence electrons. The van der Waals surface area contributed by atoms with Gasteiger partial charge >= 0.3 is 0 Å². The Morgan fingerprint density at radius 2 is 2.03 bits per heavy atom. The molecule has 3 aliphatic rings. The Morgan fingerprint density at radius 1 is 1.31 bits per heavy atom. The third kappa shape index (κ3) is 3.67. The van der Waals surface area contributed by atoms with Gasteiger partial charge in [-0.3, -0.25) is 9.69 Å². The number of sulfonamides is 1. The fraction of sp³-hybridized carbons (Fsp3) is 0.545. The number of hydrogen-bond acceptors (Lipinski definition) is 7. The molecule has 2 aliphatic heterocycles. The van der Waals surface area contributed by atoms with Gasteiger partial charge in [0.25, 0.3) is 0 Å². The maximum absolute atomic E-state index is 13.5. The third-order valence-corrected chi connectivity index (χ3v) is 9.82. The van der Waals surface area contributed by atoms with Gasteiger partial charge in [-0.05, 0) is 62.3 Å². The summed E-state index contributed by atoms with van der Waals surface area (Å²) in [5.41, 5.74) is 2.84. The van der Waals surface area contributed by atoms with Crippen LogP contribution in [0.1, 0.15) is 56.2 Å². The first-order chi connectivity index (χ1) is 15.2. The highest BCUT2D eigenvalue weighted by Gasteiger charge is 2.43. The molecule has 2 atom stereocenters. The predicted octanol–water partition coefficient (Wildman–Crippen LogP) is 3.08. The molecule has 1 saturated carbocycles. The van der Waals surface area contributed by atoms with E-state index in [0.717, 1.165) is 41.0 Å². The topological polar surface area (TPSA) is 103 Å². The van der Waals surface area contributed by atoms with E-state index in [1.165, 1.54) is 22.6 Å². The molecule has 0 radical (unpaired) electrons. The van der Waals surface area contributed by atoms with E-state index in [1.54, 1.807) is 6.07 Å². The number of fused-ring (bicyclic) bond motifs is 1. The van der Waals surface area contributed by atoms with Crippen LogP contribution < -0.4 is 5.32 Å². The summed E-state index contributed by atoms with van der Waals surface area (Å²) in [6.45, 7) is 6.92. The molecule has 3 heterocycles. The zero-order chi connectivity index (χ0) is 22.8. The van der Waals surface area contributed by atoms with E-state index in [1.807, 2.05) is 17.9 Å². The van der Waals surface area contributed by atoms with E-state index in [2.05, 4.69) is 17.2 Å². The summed E-state index contributed by atoms with van der Waals surface area (Å²) in [4.78, 5) is 18.9. The minimum atomic E-state index is -3.71. The number of aryl methyl sites for hydroxylation is 1. The molecule has 1 amide bonds. The lowest BCUT2D eigenvalue weighted by atomic mass is 10.0. The van der Waals surface area contributed by atoms with Crippen LogP contribution in [0.5, 0.6) is 0 Å². The number of aliphatic hydroxyl groups is 1. The number of benzene rings is 1. The zero-order valence-corrected chi connectivity index (χ0v) is 20.1. The summed E-state index contributed by atoms with van der Waals surface area (Å²) in [5.74, 6) is 0.353. The fourth-order valence-electron chi connectivity index (χ4n) is 4.65. The number of thiazole rings is 1. The Morgan fingerprint density at radius 3 is 2.62 bits per heavy atom. The highest BCUT2D eigenvalue weighted by molar-refractivity contribution is 7.89. The maximum atomic E-state index is 13.5. The van der Waals surface area contributed by atoms with E-state index >= 15 is 0 Å². The monoisotopic (exact) mass is 476 g/mol. The lowest BCUT2D eigenvalue weighted by molar-refractivity contribution is -0.114. The minimum Gasteiger partial charge on any atom is -0.374 e. The quantitative estimate of drug-likeness (QED) is 0.664. The van der Waals surface area contributed by atoms with E-state index in [0.29, 0.717) is 36.2 Å². The summed E-state index contributed by atoms with van der Waals surface area (Å²) in [7, 11) is -3.71. The van der Waals surface area contributed by atoms with E-state index in [9.17, 15) is 18.3 Å². The second kappa shape index (κ2) is 7.88. The number of nitrogens with one attached hydrogen (secondary N) is 1. The number of nitrogens with zero attached hydrogens (tertiary/aromatic N) is 3. The van der Waals surface area contributed by atoms with Gasteiger partial charge in [0.05, 0.1) is 15.5 Å². The first-order valence-electron chi connectivity index (χ1n) is 11.0. The van der Waals surface area contributed by atoms with Gasteiger partial charge in [-0.25, -0.2) is 13.4 Å². The van der Waals surface area contributed by atoms with Crippen LogP contribution in [-0.4, -0.2) is 52.8 Å². The van der Waals surface area contributed by atoms with Crippen LogP contribution in [0.3, 0.4) is 0 Å². The van der Waals surface area contributed by atoms with Crippen LogP contribution in [-0.2, 0) is 21.4 Å². The molecule has 1 aromatic heterocycles. The van der Waals surface area contributed by atoms with Gasteiger partial charge in [-0.15, -0.1) is 0 Å². The first kappa shape index (κ1) is 22.0. The van der Waals surface area contributed by atoms with Crippen molar-refractivity contribution in [3.05, 3.63) is 29.0 Å². The minimum absolute atomic E-state index is 0.191.